The molecule has 2 atom stereocenters. The fourth-order valence-electron chi connectivity index (χ4n) is 2.90. The molecular formula is C17H20N4O2. The highest BCUT2D eigenvalue weighted by molar-refractivity contribution is 5.96. The van der Waals surface area contributed by atoms with E-state index in [2.05, 4.69) is 10.4 Å². The molecule has 0 radical (unpaired) electrons. The van der Waals surface area contributed by atoms with Crippen LogP contribution in [0, 0.1) is 5.92 Å². The van der Waals surface area contributed by atoms with Gasteiger partial charge in [-0.2, -0.15) is 5.10 Å². The first kappa shape index (κ1) is 15.3. The molecule has 1 aliphatic heterocycles. The molecule has 120 valence electrons. The van der Waals surface area contributed by atoms with Gasteiger partial charge in [-0.05, 0) is 12.5 Å². The van der Waals surface area contributed by atoms with Crippen LogP contribution in [0.4, 0.5) is 5.82 Å². The monoisotopic (exact) mass is 312 g/mol. The summed E-state index contributed by atoms with van der Waals surface area (Å²) >= 11 is 0. The number of anilines is 1. The zero-order chi connectivity index (χ0) is 16.4. The smallest absolute Gasteiger partial charge is 0.230 e. The van der Waals surface area contributed by atoms with Crippen LogP contribution in [0.2, 0.25) is 0 Å². The maximum atomic E-state index is 12.3. The lowest BCUT2D eigenvalue weighted by Gasteiger charge is -2.25. The molecule has 2 amide bonds. The normalized spacial score (nSPS) is 19.0. The molecule has 2 aromatic rings. The zero-order valence-corrected chi connectivity index (χ0v) is 13.3. The van der Waals surface area contributed by atoms with E-state index in [1.807, 2.05) is 37.3 Å². The van der Waals surface area contributed by atoms with Crippen molar-refractivity contribution in [3.8, 4) is 0 Å². The minimum atomic E-state index is -0.337. The molecule has 1 aliphatic rings. The Kier molecular flexibility index (Phi) is 4.14. The Bertz CT molecular complexity index is 710. The van der Waals surface area contributed by atoms with Gasteiger partial charge in [0.05, 0.1) is 12.0 Å². The Balaban J connectivity index is 1.66. The largest absolute Gasteiger partial charge is 0.335 e. The van der Waals surface area contributed by atoms with E-state index in [1.165, 1.54) is 0 Å². The number of rotatable bonds is 4. The van der Waals surface area contributed by atoms with Gasteiger partial charge < -0.3 is 10.2 Å². The molecule has 1 saturated heterocycles. The van der Waals surface area contributed by atoms with Crippen molar-refractivity contribution < 1.29 is 9.59 Å². The second-order valence-electron chi connectivity index (χ2n) is 5.90. The summed E-state index contributed by atoms with van der Waals surface area (Å²) in [6.45, 7) is 2.43. The first-order valence-corrected chi connectivity index (χ1v) is 7.69. The molecule has 0 spiro atoms. The molecule has 3 rings (SSSR count). The van der Waals surface area contributed by atoms with Crippen LogP contribution in [0.5, 0.6) is 0 Å². The summed E-state index contributed by atoms with van der Waals surface area (Å²) in [6, 6.07) is 11.6. The zero-order valence-electron chi connectivity index (χ0n) is 13.3. The standard InChI is InChI=1S/C17H20N4O2/c1-12(13-6-4-3-5-7-13)21-11-14(10-16(21)22)17(23)18-15-8-9-20(2)19-15/h3-9,12,14H,10-11H2,1-2H3,(H,18,19,23)/t12-,14+/m0/s1. The van der Waals surface area contributed by atoms with Gasteiger partial charge in [-0.3, -0.25) is 14.3 Å². The number of likely N-dealkylation sites (tertiary alicyclic amines) is 1. The van der Waals surface area contributed by atoms with Crippen molar-refractivity contribution in [2.24, 2.45) is 13.0 Å². The number of nitrogens with zero attached hydrogens (tertiary/aromatic N) is 3. The molecule has 0 saturated carbocycles. The number of nitrogens with one attached hydrogen (secondary N) is 1. The molecule has 2 heterocycles. The SMILES string of the molecule is C[C@@H](c1ccccc1)N1C[C@H](C(=O)Nc2ccn(C)n2)CC1=O. The quantitative estimate of drug-likeness (QED) is 0.938. The van der Waals surface area contributed by atoms with E-state index < -0.39 is 0 Å². The lowest BCUT2D eigenvalue weighted by atomic mass is 10.1. The van der Waals surface area contributed by atoms with Gasteiger partial charge >= 0.3 is 0 Å². The van der Waals surface area contributed by atoms with Crippen LogP contribution in [0.25, 0.3) is 0 Å². The van der Waals surface area contributed by atoms with Crippen molar-refractivity contribution in [2.45, 2.75) is 19.4 Å². The van der Waals surface area contributed by atoms with Crippen molar-refractivity contribution in [1.29, 1.82) is 0 Å². The molecule has 0 bridgehead atoms. The van der Waals surface area contributed by atoms with Crippen molar-refractivity contribution in [1.82, 2.24) is 14.7 Å². The highest BCUT2D eigenvalue weighted by Gasteiger charge is 2.37. The molecule has 6 heteroatoms. The first-order chi connectivity index (χ1) is 11.0. The number of benzene rings is 1. The molecule has 1 fully saturated rings. The lowest BCUT2D eigenvalue weighted by molar-refractivity contribution is -0.129. The van der Waals surface area contributed by atoms with E-state index >= 15 is 0 Å². The molecule has 1 N–H and O–H groups in total. The van der Waals surface area contributed by atoms with E-state index in [9.17, 15) is 9.59 Å². The average Bonchev–Trinajstić information content (AvgIpc) is 3.13. The highest BCUT2D eigenvalue weighted by atomic mass is 16.2. The number of amides is 2. The van der Waals surface area contributed by atoms with Gasteiger partial charge in [0.15, 0.2) is 5.82 Å². The third-order valence-electron chi connectivity index (χ3n) is 4.24. The third-order valence-corrected chi connectivity index (χ3v) is 4.24. The Morgan fingerprint density at radius 2 is 2.04 bits per heavy atom. The van der Waals surface area contributed by atoms with Crippen molar-refractivity contribution >= 4 is 17.6 Å². The van der Waals surface area contributed by atoms with E-state index in [0.717, 1.165) is 5.56 Å². The molecule has 0 aliphatic carbocycles. The second-order valence-corrected chi connectivity index (χ2v) is 5.90. The Labute approximate surface area is 135 Å². The first-order valence-electron chi connectivity index (χ1n) is 7.69. The molecular weight excluding hydrogens is 292 g/mol. The number of hydrogen-bond donors (Lipinski definition) is 1. The van der Waals surface area contributed by atoms with E-state index in [0.29, 0.717) is 12.4 Å². The van der Waals surface area contributed by atoms with Gasteiger partial charge in [0.2, 0.25) is 11.8 Å². The van der Waals surface area contributed by atoms with Crippen LogP contribution in [0.1, 0.15) is 24.9 Å². The maximum Gasteiger partial charge on any atom is 0.230 e. The maximum absolute atomic E-state index is 12.3. The fourth-order valence-corrected chi connectivity index (χ4v) is 2.90. The van der Waals surface area contributed by atoms with Crippen LogP contribution in [0.3, 0.4) is 0 Å². The second kappa shape index (κ2) is 6.24. The van der Waals surface area contributed by atoms with Gasteiger partial charge in [0.25, 0.3) is 0 Å². The van der Waals surface area contributed by atoms with Crippen LogP contribution in [-0.4, -0.2) is 33.0 Å². The van der Waals surface area contributed by atoms with E-state index in [-0.39, 0.29) is 30.2 Å². The number of aryl methyl sites for hydroxylation is 1. The van der Waals surface area contributed by atoms with Crippen molar-refractivity contribution in [2.75, 3.05) is 11.9 Å². The van der Waals surface area contributed by atoms with Crippen LogP contribution in [0.15, 0.2) is 42.6 Å². The molecule has 1 aromatic carbocycles. The summed E-state index contributed by atoms with van der Waals surface area (Å²) < 4.78 is 1.62. The Hall–Kier alpha value is -2.63. The summed E-state index contributed by atoms with van der Waals surface area (Å²) in [5, 5.41) is 6.90. The van der Waals surface area contributed by atoms with E-state index in [4.69, 9.17) is 0 Å². The number of hydrogen-bond acceptors (Lipinski definition) is 3. The van der Waals surface area contributed by atoms with Crippen molar-refractivity contribution in [3.05, 3.63) is 48.2 Å². The minimum Gasteiger partial charge on any atom is -0.335 e. The summed E-state index contributed by atoms with van der Waals surface area (Å²) in [5.41, 5.74) is 1.08. The van der Waals surface area contributed by atoms with Gasteiger partial charge in [-0.15, -0.1) is 0 Å². The van der Waals surface area contributed by atoms with Gasteiger partial charge in [-0.25, -0.2) is 0 Å². The Morgan fingerprint density at radius 3 is 2.70 bits per heavy atom. The van der Waals surface area contributed by atoms with Crippen molar-refractivity contribution in [3.63, 3.8) is 0 Å². The van der Waals surface area contributed by atoms with Gasteiger partial charge in [-0.1, -0.05) is 30.3 Å². The van der Waals surface area contributed by atoms with Crippen LogP contribution < -0.4 is 5.32 Å². The number of carbonyl (C=O) groups excluding carboxylic acids is 2. The van der Waals surface area contributed by atoms with E-state index in [1.54, 1.807) is 28.9 Å². The number of aromatic nitrogens is 2. The molecule has 0 unspecified atom stereocenters. The topological polar surface area (TPSA) is 67.2 Å². The predicted molar refractivity (Wildman–Crippen MR) is 86.5 cm³/mol. The predicted octanol–water partition coefficient (Wildman–Crippen LogP) is 1.97. The highest BCUT2D eigenvalue weighted by Crippen LogP contribution is 2.28. The summed E-state index contributed by atoms with van der Waals surface area (Å²) in [6.07, 6.45) is 2.01. The molecule has 6 nitrogen and oxygen atoms in total. The fraction of sp³-hybridized carbons (Fsp3) is 0.353. The summed E-state index contributed by atoms with van der Waals surface area (Å²) in [7, 11) is 1.79. The number of carbonyl (C=O) groups is 2. The summed E-state index contributed by atoms with van der Waals surface area (Å²) in [4.78, 5) is 26.4. The molecule has 23 heavy (non-hydrogen) atoms. The summed E-state index contributed by atoms with van der Waals surface area (Å²) in [5.74, 6) is 0.0394. The van der Waals surface area contributed by atoms with Crippen LogP contribution in [-0.2, 0) is 16.6 Å². The minimum absolute atomic E-state index is 0.0162. The lowest BCUT2D eigenvalue weighted by Crippen LogP contribution is -2.30. The molecule has 1 aromatic heterocycles. The Morgan fingerprint density at radius 1 is 1.30 bits per heavy atom. The van der Waals surface area contributed by atoms with Gasteiger partial charge in [0.1, 0.15) is 0 Å². The third kappa shape index (κ3) is 3.26. The average molecular weight is 312 g/mol. The van der Waals surface area contributed by atoms with Gasteiger partial charge in [0, 0.05) is 32.3 Å². The van der Waals surface area contributed by atoms with Crippen LogP contribution >= 0.6 is 0 Å².